The van der Waals surface area contributed by atoms with Crippen LogP contribution >= 0.6 is 0 Å². The molecule has 1 heterocycles. The third-order valence-corrected chi connectivity index (χ3v) is 3.91. The lowest BCUT2D eigenvalue weighted by atomic mass is 10.2. The molecule has 2 aromatic carbocycles. The lowest BCUT2D eigenvalue weighted by Crippen LogP contribution is -2.17. The van der Waals surface area contributed by atoms with Gasteiger partial charge in [0, 0.05) is 11.1 Å². The fourth-order valence-electron chi connectivity index (χ4n) is 2.51. The van der Waals surface area contributed by atoms with Gasteiger partial charge in [-0.2, -0.15) is 10.2 Å². The summed E-state index contributed by atoms with van der Waals surface area (Å²) >= 11 is 0. The normalized spacial score (nSPS) is 11.0. The van der Waals surface area contributed by atoms with E-state index in [9.17, 15) is 14.3 Å². The Labute approximate surface area is 149 Å². The summed E-state index contributed by atoms with van der Waals surface area (Å²) in [4.78, 5) is 12.0. The fraction of sp³-hybridized carbons (Fsp3) is 0.105. The van der Waals surface area contributed by atoms with Crippen molar-refractivity contribution in [3.8, 4) is 11.4 Å². The third-order valence-electron chi connectivity index (χ3n) is 3.91. The zero-order chi connectivity index (χ0) is 18.7. The number of aryl methyl sites for hydroxylation is 1. The zero-order valence-electron chi connectivity index (χ0n) is 14.3. The molecule has 0 unspecified atom stereocenters. The molecule has 1 aromatic heterocycles. The number of nitrogens with one attached hydrogen (secondary N) is 1. The van der Waals surface area contributed by atoms with Crippen molar-refractivity contribution in [2.75, 3.05) is 0 Å². The third kappa shape index (κ3) is 3.61. The molecule has 0 fully saturated rings. The number of amides is 1. The maximum absolute atomic E-state index is 13.1. The van der Waals surface area contributed by atoms with Gasteiger partial charge in [-0.3, -0.25) is 4.79 Å². The Bertz CT molecular complexity index is 960. The van der Waals surface area contributed by atoms with Gasteiger partial charge in [0.05, 0.1) is 23.3 Å². The predicted molar refractivity (Wildman–Crippen MR) is 96.2 cm³/mol. The smallest absolute Gasteiger partial charge is 0.271 e. The Morgan fingerprint density at radius 2 is 1.81 bits per heavy atom. The largest absolute Gasteiger partial charge is 0.508 e. The van der Waals surface area contributed by atoms with E-state index in [1.807, 2.05) is 13.8 Å². The van der Waals surface area contributed by atoms with Crippen molar-refractivity contribution < 1.29 is 14.3 Å². The van der Waals surface area contributed by atoms with Crippen LogP contribution in [0, 0.1) is 19.7 Å². The molecule has 2 N–H and O–H groups in total. The number of aromatic nitrogens is 2. The summed E-state index contributed by atoms with van der Waals surface area (Å²) in [6.45, 7) is 3.70. The average Bonchev–Trinajstić information content (AvgIpc) is 2.91. The second-order valence-electron chi connectivity index (χ2n) is 5.72. The highest BCUT2D eigenvalue weighted by Crippen LogP contribution is 2.17. The topological polar surface area (TPSA) is 79.5 Å². The Morgan fingerprint density at radius 1 is 1.15 bits per heavy atom. The molecular formula is C19H17FN4O2. The molecule has 0 aliphatic carbocycles. The number of hydrogen-bond donors (Lipinski definition) is 2. The van der Waals surface area contributed by atoms with Gasteiger partial charge >= 0.3 is 0 Å². The maximum Gasteiger partial charge on any atom is 0.271 e. The summed E-state index contributed by atoms with van der Waals surface area (Å²) < 4.78 is 14.8. The molecule has 0 aliphatic rings. The number of aromatic hydroxyl groups is 1. The van der Waals surface area contributed by atoms with Gasteiger partial charge in [0.15, 0.2) is 0 Å². The van der Waals surface area contributed by atoms with Gasteiger partial charge in [-0.1, -0.05) is 0 Å². The molecule has 6 nitrogen and oxygen atoms in total. The van der Waals surface area contributed by atoms with Gasteiger partial charge in [-0.15, -0.1) is 0 Å². The van der Waals surface area contributed by atoms with E-state index in [2.05, 4.69) is 15.6 Å². The highest BCUT2D eigenvalue weighted by molar-refractivity contribution is 5.95. The highest BCUT2D eigenvalue weighted by atomic mass is 19.1. The van der Waals surface area contributed by atoms with Crippen LogP contribution in [-0.2, 0) is 0 Å². The number of hydrazone groups is 1. The zero-order valence-corrected chi connectivity index (χ0v) is 14.3. The molecule has 0 atom stereocenters. The van der Waals surface area contributed by atoms with Crippen LogP contribution in [0.5, 0.6) is 5.75 Å². The number of hydrogen-bond acceptors (Lipinski definition) is 4. The Kier molecular flexibility index (Phi) is 4.79. The van der Waals surface area contributed by atoms with E-state index in [0.29, 0.717) is 5.56 Å². The molecule has 1 amide bonds. The molecule has 0 spiro atoms. The standard InChI is InChI=1S/C19H17FN4O2/c1-12-18(11-21-22-19(26)14-3-9-17(25)10-4-14)13(2)24(23-12)16-7-5-15(20)6-8-16/h3-11,25H,1-2H3,(H,22,26)/b21-11-. The van der Waals surface area contributed by atoms with Crippen molar-refractivity contribution in [3.05, 3.63) is 76.9 Å². The summed E-state index contributed by atoms with van der Waals surface area (Å²) in [7, 11) is 0. The summed E-state index contributed by atoms with van der Waals surface area (Å²) in [6, 6.07) is 11.9. The maximum atomic E-state index is 13.1. The van der Waals surface area contributed by atoms with Gasteiger partial charge in [-0.25, -0.2) is 14.5 Å². The SMILES string of the molecule is Cc1nn(-c2ccc(F)cc2)c(C)c1/C=N\NC(=O)c1ccc(O)cc1. The van der Waals surface area contributed by atoms with Crippen molar-refractivity contribution in [2.45, 2.75) is 13.8 Å². The van der Waals surface area contributed by atoms with Crippen LogP contribution in [-0.4, -0.2) is 27.0 Å². The lowest BCUT2D eigenvalue weighted by molar-refractivity contribution is 0.0955. The van der Waals surface area contributed by atoms with Crippen molar-refractivity contribution in [2.24, 2.45) is 5.10 Å². The Balaban J connectivity index is 1.77. The van der Waals surface area contributed by atoms with E-state index in [1.165, 1.54) is 42.6 Å². The van der Waals surface area contributed by atoms with Crippen LogP contribution < -0.4 is 5.43 Å². The van der Waals surface area contributed by atoms with Gasteiger partial charge < -0.3 is 5.11 Å². The van der Waals surface area contributed by atoms with Crippen LogP contribution in [0.3, 0.4) is 0 Å². The minimum Gasteiger partial charge on any atom is -0.508 e. The second-order valence-corrected chi connectivity index (χ2v) is 5.72. The van der Waals surface area contributed by atoms with Gasteiger partial charge in [0.25, 0.3) is 5.91 Å². The van der Waals surface area contributed by atoms with Crippen LogP contribution in [0.4, 0.5) is 4.39 Å². The lowest BCUT2D eigenvalue weighted by Gasteiger charge is -2.04. The second kappa shape index (κ2) is 7.18. The summed E-state index contributed by atoms with van der Waals surface area (Å²) in [6.07, 6.45) is 1.52. The van der Waals surface area contributed by atoms with Crippen LogP contribution in [0.25, 0.3) is 5.69 Å². The molecule has 26 heavy (non-hydrogen) atoms. The molecular weight excluding hydrogens is 335 g/mol. The first-order valence-corrected chi connectivity index (χ1v) is 7.90. The fourth-order valence-corrected chi connectivity index (χ4v) is 2.51. The van der Waals surface area contributed by atoms with Crippen LogP contribution in [0.15, 0.2) is 53.6 Å². The quantitative estimate of drug-likeness (QED) is 0.559. The Hall–Kier alpha value is -3.48. The van der Waals surface area contributed by atoms with Crippen LogP contribution in [0.1, 0.15) is 27.3 Å². The van der Waals surface area contributed by atoms with E-state index >= 15 is 0 Å². The van der Waals surface area contributed by atoms with E-state index in [4.69, 9.17) is 0 Å². The van der Waals surface area contributed by atoms with Crippen molar-refractivity contribution >= 4 is 12.1 Å². The van der Waals surface area contributed by atoms with Crippen molar-refractivity contribution in [1.82, 2.24) is 15.2 Å². The first-order valence-electron chi connectivity index (χ1n) is 7.90. The molecule has 132 valence electrons. The van der Waals surface area contributed by atoms with Gasteiger partial charge in [0.2, 0.25) is 0 Å². The minimum atomic E-state index is -0.387. The van der Waals surface area contributed by atoms with E-state index in [0.717, 1.165) is 22.6 Å². The number of phenols is 1. The number of benzene rings is 2. The van der Waals surface area contributed by atoms with E-state index in [1.54, 1.807) is 16.8 Å². The molecule has 0 saturated heterocycles. The number of rotatable bonds is 4. The summed E-state index contributed by atoms with van der Waals surface area (Å²) in [5, 5.41) is 17.7. The first-order chi connectivity index (χ1) is 12.5. The Morgan fingerprint density at radius 3 is 2.46 bits per heavy atom. The van der Waals surface area contributed by atoms with Gasteiger partial charge in [0.1, 0.15) is 11.6 Å². The molecule has 0 bridgehead atoms. The van der Waals surface area contributed by atoms with E-state index in [-0.39, 0.29) is 17.5 Å². The molecule has 3 rings (SSSR count). The first kappa shape index (κ1) is 17.3. The molecule has 0 aliphatic heterocycles. The number of nitrogens with zero attached hydrogens (tertiary/aromatic N) is 3. The highest BCUT2D eigenvalue weighted by Gasteiger charge is 2.11. The molecule has 0 radical (unpaired) electrons. The van der Waals surface area contributed by atoms with E-state index < -0.39 is 0 Å². The van der Waals surface area contributed by atoms with Crippen LogP contribution in [0.2, 0.25) is 0 Å². The molecule has 3 aromatic rings. The van der Waals surface area contributed by atoms with Gasteiger partial charge in [-0.05, 0) is 62.4 Å². The predicted octanol–water partition coefficient (Wildman–Crippen LogP) is 3.10. The molecule has 7 heteroatoms. The number of carbonyl (C=O) groups is 1. The summed E-state index contributed by atoms with van der Waals surface area (Å²) in [5.74, 6) is -0.610. The van der Waals surface area contributed by atoms with Crippen molar-refractivity contribution in [1.29, 1.82) is 0 Å². The van der Waals surface area contributed by atoms with Crippen molar-refractivity contribution in [3.63, 3.8) is 0 Å². The molecule has 0 saturated carbocycles. The number of halogens is 1. The number of phenolic OH excluding ortho intramolecular Hbond substituents is 1. The number of carbonyl (C=O) groups excluding carboxylic acids is 1. The summed E-state index contributed by atoms with van der Waals surface area (Å²) in [5.41, 5.74) is 5.87. The average molecular weight is 352 g/mol. The monoisotopic (exact) mass is 352 g/mol. The minimum absolute atomic E-state index is 0.0875.